The van der Waals surface area contributed by atoms with Crippen molar-refractivity contribution in [2.75, 3.05) is 18.0 Å². The molecule has 0 saturated carbocycles. The first-order chi connectivity index (χ1) is 8.92. The minimum absolute atomic E-state index is 0.557. The van der Waals surface area contributed by atoms with Crippen molar-refractivity contribution in [3.63, 3.8) is 0 Å². The molecule has 1 saturated heterocycles. The molecule has 2 aromatic heterocycles. The summed E-state index contributed by atoms with van der Waals surface area (Å²) in [5.41, 5.74) is 1.17. The molecule has 3 rings (SSSR count). The van der Waals surface area contributed by atoms with E-state index in [9.17, 15) is 0 Å². The van der Waals surface area contributed by atoms with Crippen LogP contribution in [0, 0.1) is 0 Å². The van der Waals surface area contributed by atoms with Gasteiger partial charge in [-0.15, -0.1) is 0 Å². The molecular formula is C13H15N3OS. The topological polar surface area (TPSA) is 38.2 Å². The third-order valence-electron chi connectivity index (χ3n) is 3.00. The van der Waals surface area contributed by atoms with Crippen molar-refractivity contribution >= 4 is 17.2 Å². The highest BCUT2D eigenvalue weighted by atomic mass is 32.1. The number of anilines is 1. The number of nitrogens with zero attached hydrogens (tertiary/aromatic N) is 3. The third kappa shape index (κ3) is 2.61. The van der Waals surface area contributed by atoms with Crippen LogP contribution >= 0.6 is 11.3 Å². The van der Waals surface area contributed by atoms with Crippen LogP contribution in [0.5, 0.6) is 5.88 Å². The van der Waals surface area contributed by atoms with Gasteiger partial charge in [-0.1, -0.05) is 0 Å². The van der Waals surface area contributed by atoms with Crippen molar-refractivity contribution in [1.82, 2.24) is 9.97 Å². The SMILES string of the molecule is c1cc(COc2cncc(N3CCCC3)n2)cs1. The molecule has 5 heteroatoms. The monoisotopic (exact) mass is 261 g/mol. The van der Waals surface area contributed by atoms with E-state index in [2.05, 4.69) is 26.3 Å². The summed E-state index contributed by atoms with van der Waals surface area (Å²) in [7, 11) is 0. The Morgan fingerprint density at radius 3 is 2.94 bits per heavy atom. The zero-order chi connectivity index (χ0) is 12.2. The van der Waals surface area contributed by atoms with Crippen molar-refractivity contribution in [3.05, 3.63) is 34.8 Å². The molecule has 1 aliphatic rings. The average Bonchev–Trinajstić information content (AvgIpc) is 3.10. The Kier molecular flexibility index (Phi) is 3.41. The summed E-state index contributed by atoms with van der Waals surface area (Å²) in [6.07, 6.45) is 5.96. The van der Waals surface area contributed by atoms with Gasteiger partial charge in [-0.05, 0) is 29.7 Å². The Bertz CT molecular complexity index is 495. The van der Waals surface area contributed by atoms with E-state index in [0.29, 0.717) is 12.5 Å². The summed E-state index contributed by atoms with van der Waals surface area (Å²) in [5.74, 6) is 1.53. The van der Waals surface area contributed by atoms with Crippen LogP contribution in [0.15, 0.2) is 29.2 Å². The van der Waals surface area contributed by atoms with Gasteiger partial charge in [0.15, 0.2) is 5.82 Å². The number of rotatable bonds is 4. The predicted molar refractivity (Wildman–Crippen MR) is 72.1 cm³/mol. The first-order valence-corrected chi connectivity index (χ1v) is 7.07. The minimum Gasteiger partial charge on any atom is -0.472 e. The summed E-state index contributed by atoms with van der Waals surface area (Å²) < 4.78 is 5.66. The fourth-order valence-corrected chi connectivity index (χ4v) is 2.69. The zero-order valence-corrected chi connectivity index (χ0v) is 10.9. The molecule has 4 nitrogen and oxygen atoms in total. The molecule has 3 heterocycles. The number of ether oxygens (including phenoxy) is 1. The molecule has 0 amide bonds. The Hall–Kier alpha value is -1.62. The Labute approximate surface area is 110 Å². The fourth-order valence-electron chi connectivity index (χ4n) is 2.04. The highest BCUT2D eigenvalue weighted by Crippen LogP contribution is 2.19. The number of hydrogen-bond donors (Lipinski definition) is 0. The number of hydrogen-bond acceptors (Lipinski definition) is 5. The zero-order valence-electron chi connectivity index (χ0n) is 10.1. The largest absolute Gasteiger partial charge is 0.472 e. The molecule has 1 fully saturated rings. The highest BCUT2D eigenvalue weighted by Gasteiger charge is 2.14. The van der Waals surface area contributed by atoms with E-state index in [-0.39, 0.29) is 0 Å². The number of aromatic nitrogens is 2. The molecule has 0 atom stereocenters. The number of thiophene rings is 1. The van der Waals surface area contributed by atoms with Crippen LogP contribution in [0.25, 0.3) is 0 Å². The maximum atomic E-state index is 5.66. The maximum absolute atomic E-state index is 5.66. The first kappa shape index (κ1) is 11.5. The van der Waals surface area contributed by atoms with Crippen molar-refractivity contribution in [2.24, 2.45) is 0 Å². The average molecular weight is 261 g/mol. The summed E-state index contributed by atoms with van der Waals surface area (Å²) >= 11 is 1.67. The van der Waals surface area contributed by atoms with Gasteiger partial charge in [-0.2, -0.15) is 16.3 Å². The molecule has 0 spiro atoms. The Balaban J connectivity index is 1.66. The van der Waals surface area contributed by atoms with Gasteiger partial charge >= 0.3 is 0 Å². The maximum Gasteiger partial charge on any atom is 0.234 e. The summed E-state index contributed by atoms with van der Waals surface area (Å²) in [4.78, 5) is 11.0. The van der Waals surface area contributed by atoms with Gasteiger partial charge in [0, 0.05) is 18.7 Å². The molecule has 0 aliphatic carbocycles. The molecule has 0 radical (unpaired) electrons. The van der Waals surface area contributed by atoms with Crippen molar-refractivity contribution in [3.8, 4) is 5.88 Å². The van der Waals surface area contributed by atoms with Crippen LogP contribution in [-0.4, -0.2) is 23.1 Å². The van der Waals surface area contributed by atoms with Gasteiger partial charge in [0.25, 0.3) is 0 Å². The lowest BCUT2D eigenvalue weighted by atomic mass is 10.4. The molecule has 0 N–H and O–H groups in total. The highest BCUT2D eigenvalue weighted by molar-refractivity contribution is 7.07. The predicted octanol–water partition coefficient (Wildman–Crippen LogP) is 2.72. The molecule has 0 aromatic carbocycles. The van der Waals surface area contributed by atoms with Crippen molar-refractivity contribution in [2.45, 2.75) is 19.4 Å². The van der Waals surface area contributed by atoms with Crippen LogP contribution in [0.2, 0.25) is 0 Å². The summed E-state index contributed by atoms with van der Waals surface area (Å²) in [6.45, 7) is 2.70. The second kappa shape index (κ2) is 5.35. The van der Waals surface area contributed by atoms with Crippen LogP contribution in [0.1, 0.15) is 18.4 Å². The quantitative estimate of drug-likeness (QED) is 0.848. The normalized spacial score (nSPS) is 15.0. The van der Waals surface area contributed by atoms with Gasteiger partial charge in [-0.3, -0.25) is 4.98 Å². The van der Waals surface area contributed by atoms with E-state index < -0.39 is 0 Å². The van der Waals surface area contributed by atoms with Gasteiger partial charge < -0.3 is 9.64 Å². The lowest BCUT2D eigenvalue weighted by Gasteiger charge is -2.16. The Morgan fingerprint density at radius 1 is 1.28 bits per heavy atom. The fraction of sp³-hybridized carbons (Fsp3) is 0.385. The molecule has 94 valence electrons. The van der Waals surface area contributed by atoms with Crippen molar-refractivity contribution in [1.29, 1.82) is 0 Å². The smallest absolute Gasteiger partial charge is 0.234 e. The van der Waals surface area contributed by atoms with Gasteiger partial charge in [0.1, 0.15) is 6.61 Å². The van der Waals surface area contributed by atoms with E-state index in [1.807, 2.05) is 11.6 Å². The molecule has 0 unspecified atom stereocenters. The van der Waals surface area contributed by atoms with Crippen LogP contribution < -0.4 is 9.64 Å². The molecular weight excluding hydrogens is 246 g/mol. The summed E-state index contributed by atoms with van der Waals surface area (Å²) in [6, 6.07) is 2.06. The third-order valence-corrected chi connectivity index (χ3v) is 3.73. The standard InChI is InChI=1S/C13H15N3OS/c1-2-5-16(4-1)12-7-14-8-13(15-12)17-9-11-3-6-18-10-11/h3,6-8,10H,1-2,4-5,9H2. The summed E-state index contributed by atoms with van der Waals surface area (Å²) in [5, 5.41) is 4.13. The minimum atomic E-state index is 0.557. The first-order valence-electron chi connectivity index (χ1n) is 6.13. The lowest BCUT2D eigenvalue weighted by Crippen LogP contribution is -2.19. The second-order valence-corrected chi connectivity index (χ2v) is 5.11. The van der Waals surface area contributed by atoms with E-state index in [1.165, 1.54) is 18.4 Å². The Morgan fingerprint density at radius 2 is 2.17 bits per heavy atom. The van der Waals surface area contributed by atoms with E-state index >= 15 is 0 Å². The molecule has 2 aromatic rings. The van der Waals surface area contributed by atoms with Gasteiger partial charge in [-0.25, -0.2) is 0 Å². The molecule has 0 bridgehead atoms. The van der Waals surface area contributed by atoms with Crippen LogP contribution in [-0.2, 0) is 6.61 Å². The van der Waals surface area contributed by atoms with E-state index in [0.717, 1.165) is 18.9 Å². The lowest BCUT2D eigenvalue weighted by molar-refractivity contribution is 0.293. The van der Waals surface area contributed by atoms with Gasteiger partial charge in [0.05, 0.1) is 12.4 Å². The molecule has 1 aliphatic heterocycles. The second-order valence-electron chi connectivity index (χ2n) is 4.33. The van der Waals surface area contributed by atoms with Crippen LogP contribution in [0.4, 0.5) is 5.82 Å². The van der Waals surface area contributed by atoms with Gasteiger partial charge in [0.2, 0.25) is 5.88 Å². The van der Waals surface area contributed by atoms with E-state index in [4.69, 9.17) is 4.74 Å². The molecule has 18 heavy (non-hydrogen) atoms. The van der Waals surface area contributed by atoms with E-state index in [1.54, 1.807) is 17.5 Å². The van der Waals surface area contributed by atoms with Crippen molar-refractivity contribution < 1.29 is 4.74 Å². The van der Waals surface area contributed by atoms with Crippen LogP contribution in [0.3, 0.4) is 0 Å².